The van der Waals surface area contributed by atoms with Crippen molar-refractivity contribution in [2.75, 3.05) is 0 Å². The molecule has 178 valence electrons. The van der Waals surface area contributed by atoms with Crippen LogP contribution in [0, 0.1) is 0 Å². The summed E-state index contributed by atoms with van der Waals surface area (Å²) in [5.74, 6) is 0. The minimum atomic E-state index is 0.974. The van der Waals surface area contributed by atoms with Gasteiger partial charge in [-0.3, -0.25) is 0 Å². The van der Waals surface area contributed by atoms with Crippen LogP contribution in [0.3, 0.4) is 0 Å². The van der Waals surface area contributed by atoms with Gasteiger partial charge < -0.3 is 0 Å². The van der Waals surface area contributed by atoms with E-state index in [1.165, 1.54) is 75.1 Å². The number of allylic oxidation sites excluding steroid dienone is 2. The second-order valence-electron chi connectivity index (χ2n) is 10.0. The smallest absolute Gasteiger partial charge is 0.0433 e. The lowest BCUT2D eigenvalue weighted by molar-refractivity contribution is 1.44. The monoisotopic (exact) mass is 500 g/mol. The summed E-state index contributed by atoms with van der Waals surface area (Å²) in [4.78, 5) is 0. The number of benzene rings is 6. The highest BCUT2D eigenvalue weighted by Gasteiger charge is 2.14. The standard InChI is InChI=1S/C37H24S/c1-2-12-28-29-14-4-5-15-31(29)35-23-25(20-21-32(35)30(28)13-3-1)24-10-8-11-26(22-24)27-17-9-18-34-33-16-6-7-19-36(33)38-37(27)34/h2-23H,1H2. The third kappa shape index (κ3) is 3.29. The van der Waals surface area contributed by atoms with E-state index in [2.05, 4.69) is 133 Å². The van der Waals surface area contributed by atoms with Crippen molar-refractivity contribution in [1.82, 2.24) is 0 Å². The Morgan fingerprint density at radius 2 is 1.11 bits per heavy atom. The van der Waals surface area contributed by atoms with E-state index in [-0.39, 0.29) is 0 Å². The van der Waals surface area contributed by atoms with Gasteiger partial charge >= 0.3 is 0 Å². The van der Waals surface area contributed by atoms with Gasteiger partial charge in [-0.05, 0) is 79.5 Å². The second kappa shape index (κ2) is 8.55. The molecule has 8 rings (SSSR count). The van der Waals surface area contributed by atoms with Crippen LogP contribution in [-0.4, -0.2) is 0 Å². The molecule has 1 aromatic heterocycles. The van der Waals surface area contributed by atoms with Gasteiger partial charge in [0.2, 0.25) is 0 Å². The van der Waals surface area contributed by atoms with E-state index in [1.54, 1.807) is 0 Å². The molecule has 1 aliphatic rings. The van der Waals surface area contributed by atoms with Crippen molar-refractivity contribution in [3.63, 3.8) is 0 Å². The third-order valence-corrected chi connectivity index (χ3v) is 9.08. The Morgan fingerprint density at radius 3 is 1.97 bits per heavy atom. The molecule has 0 fully saturated rings. The second-order valence-corrected chi connectivity index (χ2v) is 11.1. The molecule has 0 bridgehead atoms. The maximum absolute atomic E-state index is 2.39. The fourth-order valence-electron chi connectivity index (χ4n) is 6.07. The highest BCUT2D eigenvalue weighted by molar-refractivity contribution is 7.26. The zero-order chi connectivity index (χ0) is 25.1. The first-order valence-corrected chi connectivity index (χ1v) is 14.0. The third-order valence-electron chi connectivity index (χ3n) is 7.86. The van der Waals surface area contributed by atoms with Crippen LogP contribution in [0.25, 0.3) is 76.1 Å². The largest absolute Gasteiger partial charge is 0.135 e. The molecule has 1 heteroatoms. The first-order chi connectivity index (χ1) is 18.8. The van der Waals surface area contributed by atoms with Crippen LogP contribution in [0.15, 0.2) is 121 Å². The lowest BCUT2D eigenvalue weighted by atomic mass is 9.89. The molecule has 1 aliphatic carbocycles. The van der Waals surface area contributed by atoms with Gasteiger partial charge in [-0.15, -0.1) is 11.3 Å². The average Bonchev–Trinajstić information content (AvgIpc) is 3.18. The summed E-state index contributed by atoms with van der Waals surface area (Å²) < 4.78 is 2.70. The Labute approximate surface area is 225 Å². The fourth-order valence-corrected chi connectivity index (χ4v) is 7.31. The number of fused-ring (bicyclic) bond motifs is 9. The molecule has 0 amide bonds. The van der Waals surface area contributed by atoms with Gasteiger partial charge in [0.15, 0.2) is 0 Å². The van der Waals surface area contributed by atoms with E-state index in [1.807, 2.05) is 11.3 Å². The van der Waals surface area contributed by atoms with E-state index < -0.39 is 0 Å². The van der Waals surface area contributed by atoms with Crippen molar-refractivity contribution in [2.24, 2.45) is 0 Å². The van der Waals surface area contributed by atoms with Crippen LogP contribution in [0.1, 0.15) is 17.5 Å². The van der Waals surface area contributed by atoms with Crippen molar-refractivity contribution in [2.45, 2.75) is 6.42 Å². The Bertz CT molecular complexity index is 2100. The van der Waals surface area contributed by atoms with Crippen molar-refractivity contribution in [3.8, 4) is 22.3 Å². The first kappa shape index (κ1) is 21.6. The van der Waals surface area contributed by atoms with Gasteiger partial charge in [0.25, 0.3) is 0 Å². The molecule has 0 radical (unpaired) electrons. The summed E-state index contributed by atoms with van der Waals surface area (Å²) in [6, 6.07) is 40.3. The molecule has 0 unspecified atom stereocenters. The molecular weight excluding hydrogens is 476 g/mol. The van der Waals surface area contributed by atoms with E-state index in [9.17, 15) is 0 Å². The van der Waals surface area contributed by atoms with Crippen molar-refractivity contribution < 1.29 is 0 Å². The van der Waals surface area contributed by atoms with Crippen LogP contribution in [0.2, 0.25) is 0 Å². The summed E-state index contributed by atoms with van der Waals surface area (Å²) >= 11 is 1.89. The van der Waals surface area contributed by atoms with Crippen LogP contribution < -0.4 is 0 Å². The molecule has 0 N–H and O–H groups in total. The molecule has 0 atom stereocenters. The van der Waals surface area contributed by atoms with Crippen molar-refractivity contribution in [1.29, 1.82) is 0 Å². The quantitative estimate of drug-likeness (QED) is 0.207. The maximum atomic E-state index is 2.39. The van der Waals surface area contributed by atoms with E-state index in [4.69, 9.17) is 0 Å². The van der Waals surface area contributed by atoms with Gasteiger partial charge in [0, 0.05) is 20.2 Å². The van der Waals surface area contributed by atoms with Crippen LogP contribution in [-0.2, 0) is 0 Å². The van der Waals surface area contributed by atoms with Crippen molar-refractivity contribution in [3.05, 3.63) is 132 Å². The molecule has 0 saturated carbocycles. The molecule has 0 spiro atoms. The van der Waals surface area contributed by atoms with Crippen LogP contribution in [0.4, 0.5) is 0 Å². The Kier molecular flexibility index (Phi) is 4.86. The molecule has 6 aromatic carbocycles. The molecule has 38 heavy (non-hydrogen) atoms. The summed E-state index contributed by atoms with van der Waals surface area (Å²) in [5, 5.41) is 7.95. The van der Waals surface area contributed by atoms with Gasteiger partial charge in [-0.2, -0.15) is 0 Å². The van der Waals surface area contributed by atoms with E-state index >= 15 is 0 Å². The lowest BCUT2D eigenvalue weighted by Gasteiger charge is -2.14. The predicted molar refractivity (Wildman–Crippen MR) is 168 cm³/mol. The molecule has 0 nitrogen and oxygen atoms in total. The van der Waals surface area contributed by atoms with Crippen LogP contribution >= 0.6 is 11.3 Å². The predicted octanol–water partition coefficient (Wildman–Crippen LogP) is 11.1. The minimum Gasteiger partial charge on any atom is -0.135 e. The van der Waals surface area contributed by atoms with Gasteiger partial charge in [-0.25, -0.2) is 0 Å². The van der Waals surface area contributed by atoms with Gasteiger partial charge in [-0.1, -0.05) is 115 Å². The molecule has 0 saturated heterocycles. The Balaban J connectivity index is 1.33. The lowest BCUT2D eigenvalue weighted by Crippen LogP contribution is -1.90. The molecule has 7 aromatic rings. The first-order valence-electron chi connectivity index (χ1n) is 13.2. The Morgan fingerprint density at radius 1 is 0.447 bits per heavy atom. The SMILES string of the molecule is C1=Cc2c(c3ccc(-c4cccc(-c5cccc6c5sc5ccccc56)c4)cc3c3ccccc23)C=CC1. The number of hydrogen-bond donors (Lipinski definition) is 0. The topological polar surface area (TPSA) is 0 Å². The number of hydrogen-bond acceptors (Lipinski definition) is 1. The zero-order valence-electron chi connectivity index (χ0n) is 20.8. The fraction of sp³-hybridized carbons (Fsp3) is 0.0270. The normalized spacial score (nSPS) is 12.9. The maximum Gasteiger partial charge on any atom is 0.0433 e. The van der Waals surface area contributed by atoms with E-state index in [0.29, 0.717) is 0 Å². The summed E-state index contributed by atoms with van der Waals surface area (Å²) in [6.45, 7) is 0. The van der Waals surface area contributed by atoms with Crippen LogP contribution in [0.5, 0.6) is 0 Å². The molecule has 1 heterocycles. The zero-order valence-corrected chi connectivity index (χ0v) is 21.6. The minimum absolute atomic E-state index is 0.974. The van der Waals surface area contributed by atoms with Crippen molar-refractivity contribution >= 4 is 65.2 Å². The average molecular weight is 501 g/mol. The summed E-state index contributed by atoms with van der Waals surface area (Å²) in [6.07, 6.45) is 10.1. The van der Waals surface area contributed by atoms with E-state index in [0.717, 1.165) is 6.42 Å². The molecular formula is C37H24S. The summed E-state index contributed by atoms with van der Waals surface area (Å²) in [7, 11) is 0. The Hall–Kier alpha value is -4.46. The highest BCUT2D eigenvalue weighted by Crippen LogP contribution is 2.41. The summed E-state index contributed by atoms with van der Waals surface area (Å²) in [5.41, 5.74) is 7.72. The highest BCUT2D eigenvalue weighted by atomic mass is 32.1. The van der Waals surface area contributed by atoms with Gasteiger partial charge in [0.05, 0.1) is 0 Å². The van der Waals surface area contributed by atoms with Gasteiger partial charge in [0.1, 0.15) is 0 Å². The number of rotatable bonds is 2. The molecule has 0 aliphatic heterocycles. The number of thiophene rings is 1.